The number of unbranched alkanes of at least 4 members (excludes halogenated alkanes) is 10. The summed E-state index contributed by atoms with van der Waals surface area (Å²) in [5.74, 6) is -0.935. The summed E-state index contributed by atoms with van der Waals surface area (Å²) in [7, 11) is 0. The van der Waals surface area contributed by atoms with Crippen LogP contribution in [0.15, 0.2) is 12.2 Å². The van der Waals surface area contributed by atoms with E-state index >= 15 is 0 Å². The van der Waals surface area contributed by atoms with Crippen molar-refractivity contribution in [2.75, 3.05) is 13.2 Å². The molecule has 0 saturated heterocycles. The Morgan fingerprint density at radius 2 is 1.28 bits per heavy atom. The molecule has 25 heavy (non-hydrogen) atoms. The van der Waals surface area contributed by atoms with Gasteiger partial charge in [0, 0.05) is 18.8 Å². The van der Waals surface area contributed by atoms with Crippen LogP contribution >= 0.6 is 0 Å². The fourth-order valence-corrected chi connectivity index (χ4v) is 2.30. The summed E-state index contributed by atoms with van der Waals surface area (Å²) in [6.45, 7) is 7.45. The van der Waals surface area contributed by atoms with Crippen LogP contribution < -0.4 is 0 Å². The van der Waals surface area contributed by atoms with Crippen molar-refractivity contribution in [3.8, 4) is 0 Å². The first-order valence-electron chi connectivity index (χ1n) is 9.75. The molecule has 1 atom stereocenters. The lowest BCUT2D eigenvalue weighted by Crippen LogP contribution is -2.10. The van der Waals surface area contributed by atoms with Gasteiger partial charge in [-0.3, -0.25) is 0 Å². The molecular formula is C20H40O5. The molecule has 5 heteroatoms. The fraction of sp³-hybridized carbons (Fsp3) is 0.850. The maximum Gasteiger partial charge on any atom is 0.330 e. The van der Waals surface area contributed by atoms with Gasteiger partial charge in [0.15, 0.2) is 6.29 Å². The van der Waals surface area contributed by atoms with Crippen molar-refractivity contribution in [1.82, 2.24) is 0 Å². The molecule has 5 nitrogen and oxygen atoms in total. The van der Waals surface area contributed by atoms with Crippen molar-refractivity contribution >= 4 is 5.97 Å². The van der Waals surface area contributed by atoms with Crippen LogP contribution in [0.2, 0.25) is 0 Å². The lowest BCUT2D eigenvalue weighted by molar-refractivity contribution is -0.132. The first-order valence-corrected chi connectivity index (χ1v) is 9.75. The first-order chi connectivity index (χ1) is 12.0. The first kappa shape index (κ1) is 26.3. The number of aliphatic hydroxyl groups is 2. The number of hydrogen-bond acceptors (Lipinski definition) is 4. The zero-order valence-electron chi connectivity index (χ0n) is 16.3. The predicted molar refractivity (Wildman–Crippen MR) is 103 cm³/mol. The fourth-order valence-electron chi connectivity index (χ4n) is 2.30. The Labute approximate surface area is 154 Å². The molecule has 0 aliphatic rings. The predicted octanol–water partition coefficient (Wildman–Crippen LogP) is 4.66. The van der Waals surface area contributed by atoms with E-state index in [1.807, 2.05) is 6.92 Å². The smallest absolute Gasteiger partial charge is 0.330 e. The monoisotopic (exact) mass is 360 g/mol. The van der Waals surface area contributed by atoms with Crippen molar-refractivity contribution < 1.29 is 24.9 Å². The van der Waals surface area contributed by atoms with Gasteiger partial charge in [-0.15, -0.1) is 0 Å². The third-order valence-electron chi connectivity index (χ3n) is 3.83. The van der Waals surface area contributed by atoms with Gasteiger partial charge in [-0.25, -0.2) is 4.79 Å². The minimum Gasteiger partial charge on any atom is -0.478 e. The highest BCUT2D eigenvalue weighted by atomic mass is 16.6. The normalized spacial score (nSPS) is 11.5. The highest BCUT2D eigenvalue weighted by Crippen LogP contribution is 2.12. The van der Waals surface area contributed by atoms with E-state index in [0.29, 0.717) is 13.2 Å². The summed E-state index contributed by atoms with van der Waals surface area (Å²) in [6, 6.07) is 0. The van der Waals surface area contributed by atoms with E-state index in [1.54, 1.807) is 0 Å². The molecule has 3 N–H and O–H groups in total. The molecule has 0 amide bonds. The Hall–Kier alpha value is -0.910. The van der Waals surface area contributed by atoms with E-state index in [4.69, 9.17) is 14.9 Å². The van der Waals surface area contributed by atoms with Crippen LogP contribution in [0, 0.1) is 0 Å². The van der Waals surface area contributed by atoms with E-state index in [-0.39, 0.29) is 5.57 Å². The second kappa shape index (κ2) is 21.1. The minimum atomic E-state index is -0.935. The molecular weight excluding hydrogens is 320 g/mol. The molecule has 0 radical (unpaired) electrons. The van der Waals surface area contributed by atoms with Gasteiger partial charge < -0.3 is 20.1 Å². The standard InChI is InChI=1S/C16H34O3.C4H6O2/c1-2-19-16(18)14-12-10-8-6-4-3-5-7-9-11-13-15-17;1-3(2)4(5)6/h16-18H,2-15H2,1H3;1H2,2H3,(H,5,6). The molecule has 0 heterocycles. The van der Waals surface area contributed by atoms with Gasteiger partial charge in [0.2, 0.25) is 0 Å². The van der Waals surface area contributed by atoms with Crippen LogP contribution in [0.1, 0.15) is 90.9 Å². The average Bonchev–Trinajstić information content (AvgIpc) is 2.56. The number of carboxylic acids is 1. The van der Waals surface area contributed by atoms with Crippen molar-refractivity contribution in [3.63, 3.8) is 0 Å². The average molecular weight is 361 g/mol. The van der Waals surface area contributed by atoms with E-state index < -0.39 is 12.3 Å². The molecule has 0 spiro atoms. The summed E-state index contributed by atoms with van der Waals surface area (Å²) >= 11 is 0. The van der Waals surface area contributed by atoms with Gasteiger partial charge >= 0.3 is 5.97 Å². The topological polar surface area (TPSA) is 87.0 Å². The van der Waals surface area contributed by atoms with E-state index in [9.17, 15) is 9.90 Å². The zero-order valence-corrected chi connectivity index (χ0v) is 16.3. The Kier molecular flexibility index (Phi) is 22.2. The molecule has 150 valence electrons. The molecule has 0 aromatic carbocycles. The van der Waals surface area contributed by atoms with E-state index in [0.717, 1.165) is 19.3 Å². The van der Waals surface area contributed by atoms with Crippen LogP contribution in [-0.2, 0) is 9.53 Å². The number of aliphatic carboxylic acids is 1. The number of ether oxygens (including phenoxy) is 1. The van der Waals surface area contributed by atoms with Crippen LogP contribution in [0.5, 0.6) is 0 Å². The number of rotatable bonds is 16. The van der Waals surface area contributed by atoms with Gasteiger partial charge in [0.05, 0.1) is 0 Å². The Balaban J connectivity index is 0. The van der Waals surface area contributed by atoms with Gasteiger partial charge in [-0.1, -0.05) is 64.4 Å². The van der Waals surface area contributed by atoms with Crippen LogP contribution in [-0.4, -0.2) is 40.8 Å². The summed E-state index contributed by atoms with van der Waals surface area (Å²) in [5, 5.41) is 25.9. The molecule has 0 bridgehead atoms. The SMILES string of the molecule is C=C(C)C(=O)O.CCOC(O)CCCCCCCCCCCCCO. The molecule has 0 aromatic rings. The largest absolute Gasteiger partial charge is 0.478 e. The quantitative estimate of drug-likeness (QED) is 0.212. The van der Waals surface area contributed by atoms with Crippen LogP contribution in [0.4, 0.5) is 0 Å². The van der Waals surface area contributed by atoms with Crippen molar-refractivity contribution in [2.45, 2.75) is 97.2 Å². The summed E-state index contributed by atoms with van der Waals surface area (Å²) in [4.78, 5) is 9.60. The summed E-state index contributed by atoms with van der Waals surface area (Å²) < 4.78 is 5.08. The van der Waals surface area contributed by atoms with Gasteiger partial charge in [-0.2, -0.15) is 0 Å². The Morgan fingerprint density at radius 3 is 1.60 bits per heavy atom. The molecule has 1 unspecified atom stereocenters. The lowest BCUT2D eigenvalue weighted by atomic mass is 10.1. The molecule has 0 aliphatic heterocycles. The zero-order chi connectivity index (χ0) is 19.3. The van der Waals surface area contributed by atoms with E-state index in [2.05, 4.69) is 6.58 Å². The van der Waals surface area contributed by atoms with Crippen molar-refractivity contribution in [3.05, 3.63) is 12.2 Å². The molecule has 0 saturated carbocycles. The van der Waals surface area contributed by atoms with Gasteiger partial charge in [0.25, 0.3) is 0 Å². The third kappa shape index (κ3) is 25.4. The van der Waals surface area contributed by atoms with Crippen molar-refractivity contribution in [2.24, 2.45) is 0 Å². The Bertz CT molecular complexity index is 292. The maximum absolute atomic E-state index is 9.60. The van der Waals surface area contributed by atoms with Crippen LogP contribution in [0.25, 0.3) is 0 Å². The number of carboxylic acid groups (broad SMARTS) is 1. The van der Waals surface area contributed by atoms with E-state index in [1.165, 1.54) is 64.7 Å². The summed E-state index contributed by atoms with van der Waals surface area (Å²) in [6.07, 6.45) is 13.9. The number of hydrogen-bond donors (Lipinski definition) is 3. The molecule has 0 fully saturated rings. The minimum absolute atomic E-state index is 0.176. The van der Waals surface area contributed by atoms with Gasteiger partial charge in [0.1, 0.15) is 0 Å². The highest BCUT2D eigenvalue weighted by molar-refractivity contribution is 5.84. The summed E-state index contributed by atoms with van der Waals surface area (Å²) in [5.41, 5.74) is 0.176. The molecule has 0 aliphatic carbocycles. The second-order valence-corrected chi connectivity index (χ2v) is 6.40. The van der Waals surface area contributed by atoms with Crippen LogP contribution in [0.3, 0.4) is 0 Å². The third-order valence-corrected chi connectivity index (χ3v) is 3.83. The Morgan fingerprint density at radius 1 is 0.920 bits per heavy atom. The van der Waals surface area contributed by atoms with Gasteiger partial charge in [-0.05, 0) is 33.1 Å². The lowest BCUT2D eigenvalue weighted by Gasteiger charge is -2.09. The second-order valence-electron chi connectivity index (χ2n) is 6.40. The highest BCUT2D eigenvalue weighted by Gasteiger charge is 2.01. The maximum atomic E-state index is 9.60. The number of aliphatic hydroxyl groups excluding tert-OH is 2. The number of carbonyl (C=O) groups is 1. The van der Waals surface area contributed by atoms with Crippen molar-refractivity contribution in [1.29, 1.82) is 0 Å². The molecule has 0 aromatic heterocycles. The molecule has 0 rings (SSSR count).